The summed E-state index contributed by atoms with van der Waals surface area (Å²) < 4.78 is 16.1. The van der Waals surface area contributed by atoms with Gasteiger partial charge in [0.15, 0.2) is 0 Å². The second-order valence-corrected chi connectivity index (χ2v) is 7.43. The van der Waals surface area contributed by atoms with Crippen LogP contribution in [-0.2, 0) is 0 Å². The Morgan fingerprint density at radius 1 is 1.38 bits per heavy atom. The topological polar surface area (TPSA) is 44.7 Å². The van der Waals surface area contributed by atoms with Crippen molar-refractivity contribution in [1.29, 1.82) is 0 Å². The molecule has 0 spiro atoms. The van der Waals surface area contributed by atoms with E-state index in [0.29, 0.717) is 24.7 Å². The Bertz CT molecular complexity index is 688. The van der Waals surface area contributed by atoms with E-state index < -0.39 is 6.23 Å². The first-order valence-electron chi connectivity index (χ1n) is 9.82. The third kappa shape index (κ3) is 7.94. The maximum absolute atomic E-state index is 10.7. The molecular formula is C23H34ClFN2O2. The van der Waals surface area contributed by atoms with Crippen LogP contribution in [0, 0.1) is 19.8 Å². The minimum atomic E-state index is -0.516. The minimum absolute atomic E-state index is 0.398. The molecular weight excluding hydrogens is 391 g/mol. The van der Waals surface area contributed by atoms with Gasteiger partial charge in [-0.25, -0.2) is 4.39 Å². The molecule has 0 aromatic heterocycles. The van der Waals surface area contributed by atoms with Crippen molar-refractivity contribution in [3.8, 4) is 5.75 Å². The Labute approximate surface area is 179 Å². The summed E-state index contributed by atoms with van der Waals surface area (Å²) in [6.45, 7) is 12.7. The summed E-state index contributed by atoms with van der Waals surface area (Å²) in [6, 6.07) is 4.64. The molecule has 4 nitrogen and oxygen atoms in total. The minimum Gasteiger partial charge on any atom is -0.496 e. The quantitative estimate of drug-likeness (QED) is 0.432. The van der Waals surface area contributed by atoms with E-state index in [9.17, 15) is 9.50 Å². The van der Waals surface area contributed by atoms with Gasteiger partial charge in [-0.2, -0.15) is 0 Å². The monoisotopic (exact) mass is 424 g/mol. The number of aliphatic hydroxyl groups excluding tert-OH is 1. The molecule has 6 heteroatoms. The molecule has 2 unspecified atom stereocenters. The number of ether oxygens (including phenoxy) is 1. The Kier molecular flexibility index (Phi) is 11.9. The third-order valence-electron chi connectivity index (χ3n) is 5.28. The average Bonchev–Trinajstić information content (AvgIpc) is 2.68. The van der Waals surface area contributed by atoms with Crippen LogP contribution in [0.3, 0.4) is 0 Å². The Morgan fingerprint density at radius 3 is 2.59 bits per heavy atom. The number of allylic oxidation sites excluding steroid dienone is 2. The Hall–Kier alpha value is -1.66. The first-order chi connectivity index (χ1) is 13.9. The van der Waals surface area contributed by atoms with E-state index in [1.165, 1.54) is 34.4 Å². The maximum atomic E-state index is 10.7. The van der Waals surface area contributed by atoms with Gasteiger partial charge in [0, 0.05) is 37.6 Å². The highest BCUT2D eigenvalue weighted by Crippen LogP contribution is 2.33. The standard InChI is InChI=1S/C19H29ClN2O2.C4H5F/c1-13-14(2)18(24-4)8-7-17(13)15(3)22-11-16(12-22)10-21-19(23)6-5-9-20;1-2-3-4-5/h5,7-9,15-16,19,21,23H,6,10-12H2,1-4H3;2-4H,1H2/b9-5+;4-3+. The van der Waals surface area contributed by atoms with Gasteiger partial charge in [-0.05, 0) is 55.5 Å². The number of hydrogen-bond acceptors (Lipinski definition) is 4. The fourth-order valence-electron chi connectivity index (χ4n) is 3.36. The third-order valence-corrected chi connectivity index (χ3v) is 5.46. The first kappa shape index (κ1) is 25.4. The molecule has 1 aromatic rings. The average molecular weight is 425 g/mol. The van der Waals surface area contributed by atoms with Crippen LogP contribution in [-0.4, -0.2) is 43.0 Å². The van der Waals surface area contributed by atoms with Crippen molar-refractivity contribution in [1.82, 2.24) is 10.2 Å². The molecule has 1 heterocycles. The van der Waals surface area contributed by atoms with Crippen molar-refractivity contribution in [2.75, 3.05) is 26.7 Å². The lowest BCUT2D eigenvalue weighted by atomic mass is 9.91. The smallest absolute Gasteiger partial charge is 0.122 e. The molecule has 1 aliphatic rings. The molecule has 2 atom stereocenters. The van der Waals surface area contributed by atoms with Crippen molar-refractivity contribution in [2.24, 2.45) is 5.92 Å². The van der Waals surface area contributed by atoms with E-state index in [4.69, 9.17) is 16.3 Å². The predicted octanol–water partition coefficient (Wildman–Crippen LogP) is 5.01. The number of nitrogens with zero attached hydrogens (tertiary/aromatic N) is 1. The molecule has 2 N–H and O–H groups in total. The number of likely N-dealkylation sites (tertiary alicyclic amines) is 1. The van der Waals surface area contributed by atoms with E-state index in [-0.39, 0.29) is 0 Å². The number of nitrogens with one attached hydrogen (secondary N) is 1. The second-order valence-electron chi connectivity index (χ2n) is 7.18. The molecule has 162 valence electrons. The molecule has 0 bridgehead atoms. The molecule has 0 saturated carbocycles. The van der Waals surface area contributed by atoms with E-state index >= 15 is 0 Å². The van der Waals surface area contributed by atoms with Crippen molar-refractivity contribution in [3.05, 3.63) is 65.5 Å². The zero-order valence-electron chi connectivity index (χ0n) is 17.9. The van der Waals surface area contributed by atoms with Gasteiger partial charge in [-0.1, -0.05) is 36.4 Å². The SMILES string of the molecule is C=C/C=C/F.COc1ccc(C(C)N2CC(CNC(O)C/C=C/Cl)C2)c(C)c1C. The number of halogens is 2. The molecule has 1 fully saturated rings. The van der Waals surface area contributed by atoms with E-state index in [1.54, 1.807) is 13.2 Å². The fraction of sp³-hybridized carbons (Fsp3) is 0.478. The lowest BCUT2D eigenvalue weighted by molar-refractivity contribution is 0.0450. The van der Waals surface area contributed by atoms with Gasteiger partial charge in [0.25, 0.3) is 0 Å². The van der Waals surface area contributed by atoms with E-state index in [2.05, 4.69) is 49.7 Å². The Balaban J connectivity index is 0.000000749. The van der Waals surface area contributed by atoms with Gasteiger partial charge in [0.1, 0.15) is 12.0 Å². The van der Waals surface area contributed by atoms with Gasteiger partial charge in [0.05, 0.1) is 13.4 Å². The van der Waals surface area contributed by atoms with Crippen LogP contribution in [0.15, 0.2) is 48.8 Å². The molecule has 1 aliphatic heterocycles. The van der Waals surface area contributed by atoms with Crippen LogP contribution < -0.4 is 10.1 Å². The molecule has 1 aromatic carbocycles. The molecule has 29 heavy (non-hydrogen) atoms. The van der Waals surface area contributed by atoms with Crippen LogP contribution in [0.25, 0.3) is 0 Å². The van der Waals surface area contributed by atoms with Gasteiger partial charge in [0.2, 0.25) is 0 Å². The number of rotatable bonds is 9. The summed E-state index contributed by atoms with van der Waals surface area (Å²) in [5.74, 6) is 1.54. The largest absolute Gasteiger partial charge is 0.496 e. The van der Waals surface area contributed by atoms with Crippen LogP contribution in [0.1, 0.15) is 36.1 Å². The number of aliphatic hydroxyl groups is 1. The van der Waals surface area contributed by atoms with Crippen molar-refractivity contribution < 1.29 is 14.2 Å². The van der Waals surface area contributed by atoms with Gasteiger partial charge in [-0.3, -0.25) is 10.2 Å². The molecule has 0 amide bonds. The van der Waals surface area contributed by atoms with Crippen molar-refractivity contribution in [2.45, 2.75) is 39.5 Å². The molecule has 2 rings (SSSR count). The molecule has 1 saturated heterocycles. The normalized spacial score (nSPS) is 16.9. The number of benzene rings is 1. The first-order valence-corrected chi connectivity index (χ1v) is 10.3. The zero-order valence-corrected chi connectivity index (χ0v) is 18.6. The van der Waals surface area contributed by atoms with E-state index in [1.807, 2.05) is 0 Å². The van der Waals surface area contributed by atoms with Crippen LogP contribution >= 0.6 is 11.6 Å². The van der Waals surface area contributed by atoms with Crippen LogP contribution in [0.2, 0.25) is 0 Å². The molecule has 0 radical (unpaired) electrons. The number of methoxy groups -OCH3 is 1. The van der Waals surface area contributed by atoms with Crippen LogP contribution in [0.4, 0.5) is 4.39 Å². The van der Waals surface area contributed by atoms with Crippen LogP contribution in [0.5, 0.6) is 5.75 Å². The summed E-state index contributed by atoms with van der Waals surface area (Å²) >= 11 is 5.47. The highest BCUT2D eigenvalue weighted by atomic mass is 35.5. The zero-order chi connectivity index (χ0) is 21.8. The summed E-state index contributed by atoms with van der Waals surface area (Å²) in [5.41, 5.74) is 5.34. The van der Waals surface area contributed by atoms with Crippen molar-refractivity contribution >= 4 is 11.6 Å². The van der Waals surface area contributed by atoms with Gasteiger partial charge >= 0.3 is 0 Å². The lowest BCUT2D eigenvalue weighted by Gasteiger charge is -2.44. The summed E-state index contributed by atoms with van der Waals surface area (Å²) in [6.07, 6.45) is 4.81. The van der Waals surface area contributed by atoms with Gasteiger partial charge in [-0.15, -0.1) is 0 Å². The predicted molar refractivity (Wildman–Crippen MR) is 120 cm³/mol. The summed E-state index contributed by atoms with van der Waals surface area (Å²) in [7, 11) is 1.72. The van der Waals surface area contributed by atoms with Gasteiger partial charge < -0.3 is 9.84 Å². The number of hydrogen-bond donors (Lipinski definition) is 2. The fourth-order valence-corrected chi connectivity index (χ4v) is 3.46. The highest BCUT2D eigenvalue weighted by Gasteiger charge is 2.31. The lowest BCUT2D eigenvalue weighted by Crippen LogP contribution is -2.52. The second kappa shape index (κ2) is 13.5. The summed E-state index contributed by atoms with van der Waals surface area (Å²) in [4.78, 5) is 2.48. The maximum Gasteiger partial charge on any atom is 0.122 e. The summed E-state index contributed by atoms with van der Waals surface area (Å²) in [5, 5.41) is 12.9. The van der Waals surface area contributed by atoms with Crippen molar-refractivity contribution in [3.63, 3.8) is 0 Å². The highest BCUT2D eigenvalue weighted by molar-refractivity contribution is 6.25. The Morgan fingerprint density at radius 2 is 2.07 bits per heavy atom. The molecule has 0 aliphatic carbocycles. The van der Waals surface area contributed by atoms with E-state index in [0.717, 1.165) is 25.4 Å².